The number of rotatable bonds is 7. The Kier molecular flexibility index (Phi) is 5.99. The van der Waals surface area contributed by atoms with Gasteiger partial charge in [0.25, 0.3) is 5.91 Å². The summed E-state index contributed by atoms with van der Waals surface area (Å²) >= 11 is 0. The van der Waals surface area contributed by atoms with Gasteiger partial charge >= 0.3 is 5.97 Å². The van der Waals surface area contributed by atoms with E-state index in [4.69, 9.17) is 9.15 Å². The van der Waals surface area contributed by atoms with E-state index in [-0.39, 0.29) is 30.7 Å². The van der Waals surface area contributed by atoms with E-state index in [1.807, 2.05) is 31.2 Å². The number of carbonyl (C=O) groups is 2. The fourth-order valence-electron chi connectivity index (χ4n) is 2.97. The Morgan fingerprint density at radius 2 is 1.93 bits per heavy atom. The number of hydrogen-bond acceptors (Lipinski definition) is 5. The first-order chi connectivity index (χ1) is 13.5. The molecule has 28 heavy (non-hydrogen) atoms. The third-order valence-corrected chi connectivity index (χ3v) is 4.60. The molecule has 146 valence electrons. The third kappa shape index (κ3) is 4.71. The minimum atomic E-state index is -0.522. The SMILES string of the molecule is CCc1ccc([C@H](C)NC(=O)COC(=O)Cc2coc3cc(O)ccc23)cc1. The number of esters is 1. The van der Waals surface area contributed by atoms with Gasteiger partial charge < -0.3 is 19.6 Å². The standard InChI is InChI=1S/C22H23NO5/c1-3-15-4-6-16(7-5-15)14(2)23-21(25)13-28-22(26)10-17-12-27-20-11-18(24)8-9-19(17)20/h4-9,11-12,14,24H,3,10,13H2,1-2H3,(H,23,25)/t14-/m0/s1. The fourth-order valence-corrected chi connectivity index (χ4v) is 2.97. The van der Waals surface area contributed by atoms with Gasteiger partial charge in [-0.15, -0.1) is 0 Å². The number of furan rings is 1. The summed E-state index contributed by atoms with van der Waals surface area (Å²) in [5, 5.41) is 13.0. The van der Waals surface area contributed by atoms with Gasteiger partial charge in [0.15, 0.2) is 6.61 Å². The predicted molar refractivity (Wildman–Crippen MR) is 105 cm³/mol. The van der Waals surface area contributed by atoms with Crippen LogP contribution in [0.3, 0.4) is 0 Å². The van der Waals surface area contributed by atoms with Crippen molar-refractivity contribution in [3.8, 4) is 5.75 Å². The zero-order valence-corrected chi connectivity index (χ0v) is 15.9. The van der Waals surface area contributed by atoms with Crippen molar-refractivity contribution in [2.75, 3.05) is 6.61 Å². The first-order valence-electron chi connectivity index (χ1n) is 9.19. The molecular formula is C22H23NO5. The Morgan fingerprint density at radius 3 is 2.64 bits per heavy atom. The van der Waals surface area contributed by atoms with E-state index in [0.29, 0.717) is 11.1 Å². The van der Waals surface area contributed by atoms with E-state index in [1.165, 1.54) is 24.0 Å². The number of amides is 1. The van der Waals surface area contributed by atoms with Crippen LogP contribution in [0.1, 0.15) is 36.6 Å². The van der Waals surface area contributed by atoms with Crippen LogP contribution in [-0.4, -0.2) is 23.6 Å². The zero-order chi connectivity index (χ0) is 20.1. The van der Waals surface area contributed by atoms with Gasteiger partial charge in [0.05, 0.1) is 18.7 Å². The number of carbonyl (C=O) groups excluding carboxylic acids is 2. The van der Waals surface area contributed by atoms with Crippen LogP contribution in [0.5, 0.6) is 5.75 Å². The predicted octanol–water partition coefficient (Wildman–Crippen LogP) is 3.66. The number of aryl methyl sites for hydroxylation is 1. The molecule has 0 spiro atoms. The van der Waals surface area contributed by atoms with Gasteiger partial charge in [0, 0.05) is 17.0 Å². The van der Waals surface area contributed by atoms with E-state index in [1.54, 1.807) is 6.07 Å². The topological polar surface area (TPSA) is 88.8 Å². The van der Waals surface area contributed by atoms with Gasteiger partial charge in [-0.25, -0.2) is 0 Å². The smallest absolute Gasteiger partial charge is 0.310 e. The number of phenolic OH excluding ortho intramolecular Hbond substituents is 1. The normalized spacial score (nSPS) is 11.9. The summed E-state index contributed by atoms with van der Waals surface area (Å²) in [5.41, 5.74) is 3.36. The molecule has 1 heterocycles. The Bertz CT molecular complexity index is 974. The van der Waals surface area contributed by atoms with Gasteiger partial charge in [0.2, 0.25) is 0 Å². The maximum Gasteiger partial charge on any atom is 0.310 e. The first-order valence-corrected chi connectivity index (χ1v) is 9.19. The number of nitrogens with one attached hydrogen (secondary N) is 1. The van der Waals surface area contributed by atoms with Crippen LogP contribution >= 0.6 is 0 Å². The quantitative estimate of drug-likeness (QED) is 0.610. The summed E-state index contributed by atoms with van der Waals surface area (Å²) in [6.45, 7) is 3.63. The summed E-state index contributed by atoms with van der Waals surface area (Å²) in [6.07, 6.45) is 2.40. The van der Waals surface area contributed by atoms with Gasteiger partial charge in [-0.05, 0) is 36.6 Å². The second-order valence-electron chi connectivity index (χ2n) is 6.66. The molecule has 6 nitrogen and oxygen atoms in total. The molecule has 6 heteroatoms. The molecule has 1 aromatic heterocycles. The summed E-state index contributed by atoms with van der Waals surface area (Å²) in [6, 6.07) is 12.5. The van der Waals surface area contributed by atoms with E-state index < -0.39 is 5.97 Å². The zero-order valence-electron chi connectivity index (χ0n) is 15.9. The highest BCUT2D eigenvalue weighted by Crippen LogP contribution is 2.25. The second kappa shape index (κ2) is 8.61. The monoisotopic (exact) mass is 381 g/mol. The molecule has 1 amide bonds. The van der Waals surface area contributed by atoms with Crippen LogP contribution in [0.15, 0.2) is 53.1 Å². The molecule has 1 atom stereocenters. The highest BCUT2D eigenvalue weighted by molar-refractivity contribution is 5.87. The molecule has 0 aliphatic carbocycles. The lowest BCUT2D eigenvalue weighted by Crippen LogP contribution is -2.31. The van der Waals surface area contributed by atoms with Crippen molar-refractivity contribution >= 4 is 22.8 Å². The molecule has 3 rings (SSSR count). The lowest BCUT2D eigenvalue weighted by atomic mass is 10.1. The molecule has 0 fully saturated rings. The van der Waals surface area contributed by atoms with Crippen LogP contribution < -0.4 is 5.32 Å². The molecule has 0 aliphatic rings. The van der Waals surface area contributed by atoms with Crippen LogP contribution in [-0.2, 0) is 27.2 Å². The fraction of sp³-hybridized carbons (Fsp3) is 0.273. The molecule has 0 radical (unpaired) electrons. The number of ether oxygens (including phenoxy) is 1. The van der Waals surface area contributed by atoms with Crippen LogP contribution in [0.2, 0.25) is 0 Å². The van der Waals surface area contributed by atoms with Crippen molar-refractivity contribution in [1.82, 2.24) is 5.32 Å². The molecule has 3 aromatic rings. The Morgan fingerprint density at radius 1 is 1.18 bits per heavy atom. The van der Waals surface area contributed by atoms with Gasteiger partial charge in [-0.2, -0.15) is 0 Å². The number of phenols is 1. The molecule has 0 aliphatic heterocycles. The van der Waals surface area contributed by atoms with Gasteiger partial charge in [-0.1, -0.05) is 31.2 Å². The van der Waals surface area contributed by atoms with E-state index in [9.17, 15) is 14.7 Å². The number of hydrogen-bond donors (Lipinski definition) is 2. The summed E-state index contributed by atoms with van der Waals surface area (Å²) < 4.78 is 10.4. The van der Waals surface area contributed by atoms with Crippen molar-refractivity contribution in [2.24, 2.45) is 0 Å². The number of fused-ring (bicyclic) bond motifs is 1. The molecular weight excluding hydrogens is 358 g/mol. The summed E-state index contributed by atoms with van der Waals surface area (Å²) in [7, 11) is 0. The van der Waals surface area contributed by atoms with Gasteiger partial charge in [-0.3, -0.25) is 9.59 Å². The van der Waals surface area contributed by atoms with Crippen LogP contribution in [0.4, 0.5) is 0 Å². The largest absolute Gasteiger partial charge is 0.508 e. The average molecular weight is 381 g/mol. The third-order valence-electron chi connectivity index (χ3n) is 4.60. The molecule has 0 bridgehead atoms. The van der Waals surface area contributed by atoms with E-state index in [2.05, 4.69) is 12.2 Å². The molecule has 2 aromatic carbocycles. The Balaban J connectivity index is 1.50. The summed E-state index contributed by atoms with van der Waals surface area (Å²) in [5.74, 6) is -0.792. The van der Waals surface area contributed by atoms with Crippen molar-refractivity contribution in [1.29, 1.82) is 0 Å². The summed E-state index contributed by atoms with van der Waals surface area (Å²) in [4.78, 5) is 24.1. The van der Waals surface area contributed by atoms with E-state index >= 15 is 0 Å². The Hall–Kier alpha value is -3.28. The minimum Gasteiger partial charge on any atom is -0.508 e. The molecule has 2 N–H and O–H groups in total. The number of benzene rings is 2. The van der Waals surface area contributed by atoms with Crippen molar-refractivity contribution in [2.45, 2.75) is 32.7 Å². The average Bonchev–Trinajstić information content (AvgIpc) is 3.08. The second-order valence-corrected chi connectivity index (χ2v) is 6.66. The van der Waals surface area contributed by atoms with Crippen molar-refractivity contribution in [3.63, 3.8) is 0 Å². The minimum absolute atomic E-state index is 0.0148. The lowest BCUT2D eigenvalue weighted by molar-refractivity contribution is -0.148. The van der Waals surface area contributed by atoms with Crippen molar-refractivity contribution < 1.29 is 23.8 Å². The van der Waals surface area contributed by atoms with Crippen LogP contribution in [0, 0.1) is 0 Å². The highest BCUT2D eigenvalue weighted by atomic mass is 16.5. The molecule has 0 saturated carbocycles. The van der Waals surface area contributed by atoms with E-state index in [0.717, 1.165) is 17.4 Å². The lowest BCUT2D eigenvalue weighted by Gasteiger charge is -2.15. The maximum absolute atomic E-state index is 12.1. The van der Waals surface area contributed by atoms with Gasteiger partial charge in [0.1, 0.15) is 11.3 Å². The van der Waals surface area contributed by atoms with Crippen molar-refractivity contribution in [3.05, 3.63) is 65.4 Å². The Labute approximate surface area is 163 Å². The van der Waals surface area contributed by atoms with Crippen LogP contribution in [0.25, 0.3) is 11.0 Å². The maximum atomic E-state index is 12.1. The highest BCUT2D eigenvalue weighted by Gasteiger charge is 2.15. The molecule has 0 unspecified atom stereocenters. The number of aromatic hydroxyl groups is 1. The molecule has 0 saturated heterocycles. The first kappa shape index (κ1) is 19.5.